The Morgan fingerprint density at radius 2 is 1.69 bits per heavy atom. The molecule has 8 heteroatoms. The van der Waals surface area contributed by atoms with Crippen LogP contribution in [0.2, 0.25) is 10.0 Å². The number of aromatic nitrogens is 1. The molecule has 0 radical (unpaired) electrons. The molecule has 0 bridgehead atoms. The van der Waals surface area contributed by atoms with Crippen molar-refractivity contribution in [3.63, 3.8) is 0 Å². The number of para-hydroxylation sites is 1. The van der Waals surface area contributed by atoms with Gasteiger partial charge >= 0.3 is 0 Å². The number of amides is 2. The van der Waals surface area contributed by atoms with E-state index in [0.717, 1.165) is 16.5 Å². The summed E-state index contributed by atoms with van der Waals surface area (Å²) in [5.74, 6) is 0.737. The number of halogens is 2. The lowest BCUT2D eigenvalue weighted by molar-refractivity contribution is -0.139. The number of hydrogen-bond donors (Lipinski definition) is 1. The van der Waals surface area contributed by atoms with Crippen LogP contribution < -0.4 is 4.74 Å². The first kappa shape index (κ1) is 22.5. The number of rotatable bonds is 7. The van der Waals surface area contributed by atoms with Gasteiger partial charge in [0.25, 0.3) is 0 Å². The number of nitrogens with one attached hydrogen (secondary N) is 1. The molecular weight excluding hydrogens is 449 g/mol. The molecular formula is C24H25Cl2N3O3. The van der Waals surface area contributed by atoms with Crippen molar-refractivity contribution in [2.24, 2.45) is 0 Å². The van der Waals surface area contributed by atoms with Gasteiger partial charge in [-0.25, -0.2) is 0 Å². The fraction of sp³-hybridized carbons (Fsp3) is 0.333. The highest BCUT2D eigenvalue weighted by Gasteiger charge is 2.24. The lowest BCUT2D eigenvalue weighted by Gasteiger charge is -2.35. The molecule has 0 aliphatic carbocycles. The second kappa shape index (κ2) is 10.3. The van der Waals surface area contributed by atoms with Gasteiger partial charge in [-0.3, -0.25) is 9.59 Å². The standard InChI is InChI=1S/C24H25Cl2N3O3/c25-18-7-8-22(20(26)15-18)32-13-3-6-23(30)28-9-11-29(12-10-28)24(31)14-17-16-27-21-5-2-1-4-19(17)21/h1-2,4-5,7-8,15-16,27H,3,6,9-14H2. The number of piperazine rings is 1. The predicted molar refractivity (Wildman–Crippen MR) is 126 cm³/mol. The molecule has 1 N–H and O–H groups in total. The SMILES string of the molecule is O=C(CCCOc1ccc(Cl)cc1Cl)N1CCN(C(=O)Cc2c[nH]c3ccccc23)CC1. The molecule has 2 heterocycles. The quantitative estimate of drug-likeness (QED) is 0.511. The van der Waals surface area contributed by atoms with E-state index in [2.05, 4.69) is 4.98 Å². The largest absolute Gasteiger partial charge is 0.492 e. The van der Waals surface area contributed by atoms with Crippen LogP contribution in [0.5, 0.6) is 5.75 Å². The van der Waals surface area contributed by atoms with Gasteiger partial charge in [0.1, 0.15) is 5.75 Å². The number of carbonyl (C=O) groups is 2. The lowest BCUT2D eigenvalue weighted by Crippen LogP contribution is -2.51. The second-order valence-corrected chi connectivity index (χ2v) is 8.67. The Labute approximate surface area is 197 Å². The van der Waals surface area contributed by atoms with Crippen molar-refractivity contribution in [2.45, 2.75) is 19.3 Å². The van der Waals surface area contributed by atoms with Gasteiger partial charge in [-0.05, 0) is 36.2 Å². The van der Waals surface area contributed by atoms with Crippen molar-refractivity contribution >= 4 is 45.9 Å². The first-order chi connectivity index (χ1) is 15.5. The summed E-state index contributed by atoms with van der Waals surface area (Å²) < 4.78 is 5.64. The molecule has 1 saturated heterocycles. The summed E-state index contributed by atoms with van der Waals surface area (Å²) in [5, 5.41) is 2.09. The third kappa shape index (κ3) is 5.37. The zero-order valence-corrected chi connectivity index (χ0v) is 19.2. The van der Waals surface area contributed by atoms with Crippen LogP contribution in [0.25, 0.3) is 10.9 Å². The Hall–Kier alpha value is -2.70. The molecule has 2 aromatic carbocycles. The Morgan fingerprint density at radius 3 is 2.44 bits per heavy atom. The Kier molecular flexibility index (Phi) is 7.22. The van der Waals surface area contributed by atoms with Crippen LogP contribution in [0.4, 0.5) is 0 Å². The monoisotopic (exact) mass is 473 g/mol. The van der Waals surface area contributed by atoms with Crippen molar-refractivity contribution in [1.29, 1.82) is 0 Å². The van der Waals surface area contributed by atoms with E-state index in [9.17, 15) is 9.59 Å². The molecule has 4 rings (SSSR count). The number of H-pyrrole nitrogens is 1. The Morgan fingerprint density at radius 1 is 0.969 bits per heavy atom. The summed E-state index contributed by atoms with van der Waals surface area (Å²) in [4.78, 5) is 32.2. The Balaban J connectivity index is 1.19. The van der Waals surface area contributed by atoms with Crippen molar-refractivity contribution in [2.75, 3.05) is 32.8 Å². The highest BCUT2D eigenvalue weighted by molar-refractivity contribution is 6.35. The van der Waals surface area contributed by atoms with E-state index in [4.69, 9.17) is 27.9 Å². The normalized spacial score (nSPS) is 14.1. The Bertz CT molecular complexity index is 1110. The zero-order valence-electron chi connectivity index (χ0n) is 17.7. The van der Waals surface area contributed by atoms with Gasteiger partial charge in [-0.1, -0.05) is 41.4 Å². The van der Waals surface area contributed by atoms with Gasteiger partial charge in [-0.15, -0.1) is 0 Å². The van der Waals surface area contributed by atoms with Crippen LogP contribution in [0.1, 0.15) is 18.4 Å². The van der Waals surface area contributed by atoms with Crippen molar-refractivity contribution in [3.8, 4) is 5.75 Å². The molecule has 0 atom stereocenters. The molecule has 0 saturated carbocycles. The average Bonchev–Trinajstić information content (AvgIpc) is 3.20. The molecule has 2 amide bonds. The summed E-state index contributed by atoms with van der Waals surface area (Å²) in [7, 11) is 0. The number of nitrogens with zero attached hydrogens (tertiary/aromatic N) is 2. The molecule has 1 aliphatic rings. The van der Waals surface area contributed by atoms with E-state index in [1.54, 1.807) is 18.2 Å². The number of benzene rings is 2. The van der Waals surface area contributed by atoms with Crippen molar-refractivity contribution in [3.05, 3.63) is 64.3 Å². The van der Waals surface area contributed by atoms with Gasteiger partial charge in [0.2, 0.25) is 11.8 Å². The molecule has 1 fully saturated rings. The first-order valence-electron chi connectivity index (χ1n) is 10.7. The van der Waals surface area contributed by atoms with Crippen LogP contribution in [0, 0.1) is 0 Å². The summed E-state index contributed by atoms with van der Waals surface area (Å²) >= 11 is 12.0. The van der Waals surface area contributed by atoms with Gasteiger partial charge in [0.15, 0.2) is 0 Å². The summed E-state index contributed by atoms with van der Waals surface area (Å²) in [6.07, 6.45) is 3.26. The minimum atomic E-state index is 0.0829. The minimum Gasteiger partial charge on any atom is -0.492 e. The van der Waals surface area contributed by atoms with Gasteiger partial charge in [-0.2, -0.15) is 0 Å². The topological polar surface area (TPSA) is 65.6 Å². The van der Waals surface area contributed by atoms with E-state index >= 15 is 0 Å². The average molecular weight is 474 g/mol. The molecule has 1 aromatic heterocycles. The van der Waals surface area contributed by atoms with Crippen LogP contribution in [0.3, 0.4) is 0 Å². The third-order valence-electron chi connectivity index (χ3n) is 5.69. The third-order valence-corrected chi connectivity index (χ3v) is 6.22. The summed E-state index contributed by atoms with van der Waals surface area (Å²) in [6.45, 7) is 2.63. The predicted octanol–water partition coefficient (Wildman–Crippen LogP) is 4.55. The van der Waals surface area contributed by atoms with Crippen LogP contribution in [-0.4, -0.2) is 59.4 Å². The van der Waals surface area contributed by atoms with Crippen LogP contribution in [-0.2, 0) is 16.0 Å². The second-order valence-electron chi connectivity index (χ2n) is 7.82. The smallest absolute Gasteiger partial charge is 0.227 e. The highest BCUT2D eigenvalue weighted by Crippen LogP contribution is 2.27. The van der Waals surface area contributed by atoms with E-state index in [1.165, 1.54) is 0 Å². The molecule has 6 nitrogen and oxygen atoms in total. The number of ether oxygens (including phenoxy) is 1. The van der Waals surface area contributed by atoms with Crippen LogP contribution in [0.15, 0.2) is 48.7 Å². The lowest BCUT2D eigenvalue weighted by atomic mass is 10.1. The zero-order chi connectivity index (χ0) is 22.5. The highest BCUT2D eigenvalue weighted by atomic mass is 35.5. The van der Waals surface area contributed by atoms with E-state index < -0.39 is 0 Å². The van der Waals surface area contributed by atoms with Crippen LogP contribution >= 0.6 is 23.2 Å². The maximum atomic E-state index is 12.8. The van der Waals surface area contributed by atoms with Gasteiger partial charge < -0.3 is 19.5 Å². The number of fused-ring (bicyclic) bond motifs is 1. The minimum absolute atomic E-state index is 0.0829. The molecule has 3 aromatic rings. The van der Waals surface area contributed by atoms with Gasteiger partial charge in [0, 0.05) is 54.7 Å². The van der Waals surface area contributed by atoms with E-state index in [-0.39, 0.29) is 11.8 Å². The van der Waals surface area contributed by atoms with E-state index in [1.807, 2.05) is 40.3 Å². The molecule has 168 valence electrons. The number of aromatic amines is 1. The molecule has 1 aliphatic heterocycles. The fourth-order valence-electron chi connectivity index (χ4n) is 3.91. The first-order valence-corrected chi connectivity index (χ1v) is 11.5. The number of carbonyl (C=O) groups excluding carboxylic acids is 2. The van der Waals surface area contributed by atoms with Crippen molar-refractivity contribution < 1.29 is 14.3 Å². The molecule has 0 spiro atoms. The molecule has 32 heavy (non-hydrogen) atoms. The molecule has 0 unspecified atom stereocenters. The summed E-state index contributed by atoms with van der Waals surface area (Å²) in [5.41, 5.74) is 2.04. The maximum Gasteiger partial charge on any atom is 0.227 e. The maximum absolute atomic E-state index is 12.8. The fourth-order valence-corrected chi connectivity index (χ4v) is 4.38. The van der Waals surface area contributed by atoms with E-state index in [0.29, 0.717) is 67.8 Å². The van der Waals surface area contributed by atoms with Crippen molar-refractivity contribution in [1.82, 2.24) is 14.8 Å². The van der Waals surface area contributed by atoms with Gasteiger partial charge in [0.05, 0.1) is 18.1 Å². The summed E-state index contributed by atoms with van der Waals surface area (Å²) in [6, 6.07) is 13.0. The number of hydrogen-bond acceptors (Lipinski definition) is 3.